The second kappa shape index (κ2) is 7.60. The van der Waals surface area contributed by atoms with Gasteiger partial charge in [-0.2, -0.15) is 4.72 Å². The van der Waals surface area contributed by atoms with Crippen molar-refractivity contribution >= 4 is 16.0 Å². The van der Waals surface area contributed by atoms with Crippen molar-refractivity contribution in [2.24, 2.45) is 0 Å². The van der Waals surface area contributed by atoms with E-state index < -0.39 is 22.0 Å². The summed E-state index contributed by atoms with van der Waals surface area (Å²) in [4.78, 5) is 11.2. The predicted molar refractivity (Wildman–Crippen MR) is 83.7 cm³/mol. The Morgan fingerprint density at radius 1 is 1.36 bits per heavy atom. The normalized spacial score (nSPS) is 12.9. The average molecular weight is 329 g/mol. The molecule has 0 aromatic heterocycles. The minimum absolute atomic E-state index is 0.0108. The zero-order chi connectivity index (χ0) is 16.9. The molecule has 0 heterocycles. The number of nitrogens with one attached hydrogen (secondary N) is 1. The molecular weight excluding hydrogens is 306 g/mol. The molecule has 2 N–H and O–H groups in total. The molecule has 0 aliphatic heterocycles. The number of aliphatic carboxylic acids is 1. The number of ether oxygens (including phenoxy) is 1. The van der Waals surface area contributed by atoms with Crippen LogP contribution in [0.3, 0.4) is 0 Å². The van der Waals surface area contributed by atoms with E-state index in [0.717, 1.165) is 12.0 Å². The summed E-state index contributed by atoms with van der Waals surface area (Å²) in [5, 5.41) is 9.19. The van der Waals surface area contributed by atoms with Crippen LogP contribution in [0.4, 0.5) is 0 Å². The lowest BCUT2D eigenvalue weighted by atomic mass is 10.1. The lowest BCUT2D eigenvalue weighted by molar-refractivity contribution is -0.139. The van der Waals surface area contributed by atoms with E-state index in [4.69, 9.17) is 4.74 Å². The van der Waals surface area contributed by atoms with Crippen LogP contribution < -0.4 is 9.46 Å². The van der Waals surface area contributed by atoms with Crippen LogP contribution >= 0.6 is 0 Å². The van der Waals surface area contributed by atoms with Crippen molar-refractivity contribution in [2.45, 2.75) is 51.0 Å². The molecule has 0 saturated carbocycles. The molecule has 1 aromatic rings. The summed E-state index contributed by atoms with van der Waals surface area (Å²) in [6, 6.07) is 2.19. The number of carboxylic acids is 1. The minimum Gasteiger partial charge on any atom is -0.495 e. The Balaban J connectivity index is 3.21. The minimum atomic E-state index is -3.98. The van der Waals surface area contributed by atoms with Gasteiger partial charge in [0.15, 0.2) is 0 Å². The van der Waals surface area contributed by atoms with Gasteiger partial charge in [0, 0.05) is 0 Å². The molecule has 0 unspecified atom stereocenters. The molecule has 0 bridgehead atoms. The molecule has 22 heavy (non-hydrogen) atoms. The summed E-state index contributed by atoms with van der Waals surface area (Å²) in [5.74, 6) is -0.967. The summed E-state index contributed by atoms with van der Waals surface area (Å²) >= 11 is 0. The molecular formula is C15H23NO5S. The lowest BCUT2D eigenvalue weighted by Crippen LogP contribution is -2.41. The first-order chi connectivity index (χ1) is 10.2. The van der Waals surface area contributed by atoms with Crippen LogP contribution in [0.25, 0.3) is 0 Å². The Labute approximate surface area is 131 Å². The molecule has 1 aromatic carbocycles. The van der Waals surface area contributed by atoms with Crippen molar-refractivity contribution in [3.63, 3.8) is 0 Å². The van der Waals surface area contributed by atoms with Gasteiger partial charge in [-0.3, -0.25) is 4.79 Å². The summed E-state index contributed by atoms with van der Waals surface area (Å²) in [7, 11) is -2.59. The van der Waals surface area contributed by atoms with Gasteiger partial charge in [-0.25, -0.2) is 8.42 Å². The van der Waals surface area contributed by atoms with Gasteiger partial charge in [-0.15, -0.1) is 0 Å². The van der Waals surface area contributed by atoms with Gasteiger partial charge in [-0.1, -0.05) is 25.8 Å². The molecule has 0 radical (unpaired) electrons. The number of carboxylic acid groups (broad SMARTS) is 1. The van der Waals surface area contributed by atoms with Gasteiger partial charge < -0.3 is 9.84 Å². The van der Waals surface area contributed by atoms with Crippen LogP contribution in [0.15, 0.2) is 17.0 Å². The molecule has 1 atom stereocenters. The topological polar surface area (TPSA) is 92.7 Å². The van der Waals surface area contributed by atoms with E-state index >= 15 is 0 Å². The Bertz CT molecular complexity index is 640. The standard InChI is InChI=1S/C15H23NO5S/c1-5-6-7-12(15(17)18)16-22(19,20)14-11(3)8-10(2)9-13(14)21-4/h8-9,12,16H,5-7H2,1-4H3,(H,17,18)/t12-/m0/s1. The molecule has 0 saturated heterocycles. The Kier molecular flexibility index (Phi) is 6.37. The summed E-state index contributed by atoms with van der Waals surface area (Å²) in [6.07, 6.45) is 1.67. The predicted octanol–water partition coefficient (Wildman–Crippen LogP) is 2.23. The molecule has 0 spiro atoms. The van der Waals surface area contributed by atoms with Crippen molar-refractivity contribution in [1.29, 1.82) is 0 Å². The second-order valence-corrected chi connectivity index (χ2v) is 6.92. The fourth-order valence-corrected chi connectivity index (χ4v) is 3.90. The monoisotopic (exact) mass is 329 g/mol. The third kappa shape index (κ3) is 4.45. The van der Waals surface area contributed by atoms with Crippen LogP contribution in [-0.2, 0) is 14.8 Å². The molecule has 0 aliphatic carbocycles. The van der Waals surface area contributed by atoms with E-state index in [2.05, 4.69) is 4.72 Å². The zero-order valence-corrected chi connectivity index (χ0v) is 14.2. The van der Waals surface area contributed by atoms with Crippen LogP contribution in [0.2, 0.25) is 0 Å². The number of hydrogen-bond donors (Lipinski definition) is 2. The number of rotatable bonds is 8. The van der Waals surface area contributed by atoms with Crippen molar-refractivity contribution < 1.29 is 23.1 Å². The first-order valence-corrected chi connectivity index (χ1v) is 8.61. The van der Waals surface area contributed by atoms with E-state index in [-0.39, 0.29) is 17.1 Å². The quantitative estimate of drug-likeness (QED) is 0.763. The van der Waals surface area contributed by atoms with Crippen molar-refractivity contribution in [1.82, 2.24) is 4.72 Å². The molecule has 124 valence electrons. The van der Waals surface area contributed by atoms with Crippen molar-refractivity contribution in [3.8, 4) is 5.75 Å². The van der Waals surface area contributed by atoms with E-state index in [0.29, 0.717) is 12.0 Å². The van der Waals surface area contributed by atoms with Gasteiger partial charge >= 0.3 is 5.97 Å². The van der Waals surface area contributed by atoms with Gasteiger partial charge in [0.2, 0.25) is 10.0 Å². The summed E-state index contributed by atoms with van der Waals surface area (Å²) in [5.41, 5.74) is 1.39. The number of unbranched alkanes of at least 4 members (excludes halogenated alkanes) is 1. The van der Waals surface area contributed by atoms with E-state index in [9.17, 15) is 18.3 Å². The number of methoxy groups -OCH3 is 1. The average Bonchev–Trinajstić information content (AvgIpc) is 2.41. The molecule has 0 amide bonds. The third-order valence-corrected chi connectivity index (χ3v) is 4.97. The maximum atomic E-state index is 12.6. The van der Waals surface area contributed by atoms with Gasteiger partial charge in [0.05, 0.1) is 7.11 Å². The highest BCUT2D eigenvalue weighted by molar-refractivity contribution is 7.89. The highest BCUT2D eigenvalue weighted by atomic mass is 32.2. The Hall–Kier alpha value is -1.60. The lowest BCUT2D eigenvalue weighted by Gasteiger charge is -2.18. The third-order valence-electron chi connectivity index (χ3n) is 3.32. The first kappa shape index (κ1) is 18.4. The Morgan fingerprint density at radius 2 is 2.00 bits per heavy atom. The number of benzene rings is 1. The maximum absolute atomic E-state index is 12.6. The smallest absolute Gasteiger partial charge is 0.321 e. The van der Waals surface area contributed by atoms with Crippen LogP contribution in [0, 0.1) is 13.8 Å². The van der Waals surface area contributed by atoms with Gasteiger partial charge in [0.1, 0.15) is 16.7 Å². The van der Waals surface area contributed by atoms with Crippen molar-refractivity contribution in [3.05, 3.63) is 23.3 Å². The number of hydrogen-bond acceptors (Lipinski definition) is 4. The summed E-state index contributed by atoms with van der Waals surface area (Å²) in [6.45, 7) is 5.41. The molecule has 0 aliphatic rings. The van der Waals surface area contributed by atoms with E-state index in [1.54, 1.807) is 19.1 Å². The first-order valence-electron chi connectivity index (χ1n) is 7.13. The highest BCUT2D eigenvalue weighted by Gasteiger charge is 2.28. The fourth-order valence-electron chi connectivity index (χ4n) is 2.30. The van der Waals surface area contributed by atoms with Crippen LogP contribution in [0.5, 0.6) is 5.75 Å². The number of sulfonamides is 1. The maximum Gasteiger partial charge on any atom is 0.321 e. The van der Waals surface area contributed by atoms with E-state index in [1.165, 1.54) is 7.11 Å². The SMILES string of the molecule is CCCC[C@H](NS(=O)(=O)c1c(C)cc(C)cc1OC)C(=O)O. The molecule has 0 fully saturated rings. The van der Waals surface area contributed by atoms with E-state index in [1.807, 2.05) is 13.8 Å². The molecule has 6 nitrogen and oxygen atoms in total. The van der Waals surface area contributed by atoms with Gasteiger partial charge in [-0.05, 0) is 37.5 Å². The van der Waals surface area contributed by atoms with Crippen molar-refractivity contribution in [2.75, 3.05) is 7.11 Å². The second-order valence-electron chi connectivity index (χ2n) is 5.27. The highest BCUT2D eigenvalue weighted by Crippen LogP contribution is 2.29. The van der Waals surface area contributed by atoms with Crippen LogP contribution in [0.1, 0.15) is 37.3 Å². The number of carbonyl (C=O) groups is 1. The molecule has 7 heteroatoms. The number of aryl methyl sites for hydroxylation is 2. The zero-order valence-electron chi connectivity index (χ0n) is 13.3. The van der Waals surface area contributed by atoms with Crippen LogP contribution in [-0.4, -0.2) is 32.6 Å². The Morgan fingerprint density at radius 3 is 2.50 bits per heavy atom. The molecule has 1 rings (SSSR count). The largest absolute Gasteiger partial charge is 0.495 e. The summed E-state index contributed by atoms with van der Waals surface area (Å²) < 4.78 is 32.6. The fraction of sp³-hybridized carbons (Fsp3) is 0.533. The van der Waals surface area contributed by atoms with Gasteiger partial charge in [0.25, 0.3) is 0 Å².